The maximum atomic E-state index is 13.0. The average molecular weight is 450 g/mol. The normalized spacial score (nSPS) is 11.0. The zero-order valence-electron chi connectivity index (χ0n) is 16.3. The molecule has 31 heavy (non-hydrogen) atoms. The van der Waals surface area contributed by atoms with Gasteiger partial charge >= 0.3 is 0 Å². The van der Waals surface area contributed by atoms with Crippen LogP contribution in [0.25, 0.3) is 21.8 Å². The van der Waals surface area contributed by atoms with E-state index in [4.69, 9.17) is 11.6 Å². The van der Waals surface area contributed by atoms with Crippen molar-refractivity contribution >= 4 is 45.2 Å². The standard InChI is InChI=1S/C22H16ClN5O2S/c1-2-10-28-21(30)16-8-7-14(23)12-18(16)26-22(28)31-13-19-25-17-6-4-3-5-15(17)20(29)27(19)11-9-24/h2-8,12H,1,10-11,13H2. The van der Waals surface area contributed by atoms with Crippen molar-refractivity contribution in [1.29, 1.82) is 5.26 Å². The molecule has 0 fully saturated rings. The SMILES string of the molecule is C=CCn1c(SCc2nc3ccccc3c(=O)n2CC#N)nc2cc(Cl)ccc2c1=O. The Morgan fingerprint density at radius 2 is 1.81 bits per heavy atom. The highest BCUT2D eigenvalue weighted by Gasteiger charge is 2.15. The molecular weight excluding hydrogens is 434 g/mol. The predicted octanol–water partition coefficient (Wildman–Crippen LogP) is 3.76. The molecular formula is C22H16ClN5O2S. The molecule has 4 rings (SSSR count). The Labute approximate surface area is 186 Å². The van der Waals surface area contributed by atoms with Crippen molar-refractivity contribution < 1.29 is 0 Å². The number of thioether (sulfide) groups is 1. The lowest BCUT2D eigenvalue weighted by atomic mass is 10.2. The number of para-hydroxylation sites is 1. The summed E-state index contributed by atoms with van der Waals surface area (Å²) >= 11 is 7.34. The van der Waals surface area contributed by atoms with Crippen LogP contribution in [0.3, 0.4) is 0 Å². The Kier molecular flexibility index (Phi) is 5.89. The summed E-state index contributed by atoms with van der Waals surface area (Å²) in [6, 6.07) is 14.0. The van der Waals surface area contributed by atoms with E-state index in [1.807, 2.05) is 6.07 Å². The second-order valence-corrected chi connectivity index (χ2v) is 8.02. The minimum absolute atomic E-state index is 0.118. The molecule has 0 amide bonds. The quantitative estimate of drug-likeness (QED) is 0.253. The van der Waals surface area contributed by atoms with E-state index >= 15 is 0 Å². The Morgan fingerprint density at radius 3 is 2.58 bits per heavy atom. The van der Waals surface area contributed by atoms with Gasteiger partial charge in [0.2, 0.25) is 0 Å². The van der Waals surface area contributed by atoms with Gasteiger partial charge in [0.05, 0.1) is 33.6 Å². The van der Waals surface area contributed by atoms with Crippen molar-refractivity contribution in [3.8, 4) is 6.07 Å². The molecule has 2 aromatic carbocycles. The van der Waals surface area contributed by atoms with Crippen molar-refractivity contribution in [2.24, 2.45) is 0 Å². The van der Waals surface area contributed by atoms with Crippen molar-refractivity contribution in [2.45, 2.75) is 24.0 Å². The second-order valence-electron chi connectivity index (χ2n) is 6.64. The first-order valence-electron chi connectivity index (χ1n) is 9.32. The first-order valence-corrected chi connectivity index (χ1v) is 10.7. The molecule has 0 atom stereocenters. The van der Waals surface area contributed by atoms with Crippen LogP contribution in [0.1, 0.15) is 5.82 Å². The van der Waals surface area contributed by atoms with E-state index in [0.717, 1.165) is 0 Å². The van der Waals surface area contributed by atoms with Crippen LogP contribution in [-0.4, -0.2) is 19.1 Å². The zero-order valence-corrected chi connectivity index (χ0v) is 17.9. The molecule has 154 valence electrons. The lowest BCUT2D eigenvalue weighted by Gasteiger charge is -2.13. The molecule has 0 unspecified atom stereocenters. The Hall–Kier alpha value is -3.41. The molecule has 0 aliphatic rings. The second kappa shape index (κ2) is 8.76. The zero-order chi connectivity index (χ0) is 22.0. The molecule has 0 saturated carbocycles. The molecule has 0 spiro atoms. The van der Waals surface area contributed by atoms with Crippen LogP contribution in [0.4, 0.5) is 0 Å². The molecule has 7 nitrogen and oxygen atoms in total. The van der Waals surface area contributed by atoms with Gasteiger partial charge in [0.1, 0.15) is 12.4 Å². The van der Waals surface area contributed by atoms with Crippen LogP contribution in [0, 0.1) is 11.3 Å². The molecule has 2 heterocycles. The summed E-state index contributed by atoms with van der Waals surface area (Å²) in [4.78, 5) is 35.0. The number of hydrogen-bond acceptors (Lipinski definition) is 6. The van der Waals surface area contributed by atoms with Crippen molar-refractivity contribution in [3.63, 3.8) is 0 Å². The van der Waals surface area contributed by atoms with Crippen LogP contribution in [0.15, 0.2) is 69.9 Å². The molecule has 2 aromatic heterocycles. The van der Waals surface area contributed by atoms with Crippen molar-refractivity contribution in [1.82, 2.24) is 19.1 Å². The van der Waals surface area contributed by atoms with Crippen LogP contribution >= 0.6 is 23.4 Å². The van der Waals surface area contributed by atoms with Gasteiger partial charge in [-0.05, 0) is 30.3 Å². The average Bonchev–Trinajstić information content (AvgIpc) is 2.76. The Morgan fingerprint density at radius 1 is 1.06 bits per heavy atom. The number of aromatic nitrogens is 4. The number of rotatable bonds is 6. The fourth-order valence-electron chi connectivity index (χ4n) is 3.26. The summed E-state index contributed by atoms with van der Waals surface area (Å²) in [5.74, 6) is 0.679. The van der Waals surface area contributed by atoms with Gasteiger partial charge in [0.25, 0.3) is 11.1 Å². The summed E-state index contributed by atoms with van der Waals surface area (Å²) in [5.41, 5.74) is 0.564. The third-order valence-corrected chi connectivity index (χ3v) is 5.90. The molecule has 9 heteroatoms. The van der Waals surface area contributed by atoms with Gasteiger partial charge in [-0.2, -0.15) is 5.26 Å². The largest absolute Gasteiger partial charge is 0.283 e. The third kappa shape index (κ3) is 3.98. The molecule has 0 aliphatic carbocycles. The topological polar surface area (TPSA) is 93.6 Å². The molecule has 0 radical (unpaired) electrons. The predicted molar refractivity (Wildman–Crippen MR) is 122 cm³/mol. The van der Waals surface area contributed by atoms with E-state index in [1.165, 1.54) is 20.9 Å². The number of halogens is 1. The fourth-order valence-corrected chi connectivity index (χ4v) is 4.38. The number of nitrogens with zero attached hydrogens (tertiary/aromatic N) is 5. The summed E-state index contributed by atoms with van der Waals surface area (Å²) in [6.45, 7) is 3.89. The maximum absolute atomic E-state index is 13.0. The fraction of sp³-hybridized carbons (Fsp3) is 0.136. The smallest absolute Gasteiger partial charge is 0.262 e. The molecule has 0 aliphatic heterocycles. The van der Waals surface area contributed by atoms with E-state index in [-0.39, 0.29) is 30.0 Å². The molecule has 0 saturated heterocycles. The Balaban J connectivity index is 1.81. The lowest BCUT2D eigenvalue weighted by molar-refractivity contribution is 0.669. The summed E-state index contributed by atoms with van der Waals surface area (Å²) in [7, 11) is 0. The maximum Gasteiger partial charge on any atom is 0.262 e. The van der Waals surface area contributed by atoms with Crippen LogP contribution in [-0.2, 0) is 18.8 Å². The van der Waals surface area contributed by atoms with E-state index in [9.17, 15) is 14.9 Å². The van der Waals surface area contributed by atoms with E-state index in [1.54, 1.807) is 48.5 Å². The van der Waals surface area contributed by atoms with Gasteiger partial charge in [-0.25, -0.2) is 9.97 Å². The minimum atomic E-state index is -0.274. The molecule has 0 bridgehead atoms. The van der Waals surface area contributed by atoms with Crippen LogP contribution in [0.5, 0.6) is 0 Å². The number of hydrogen-bond donors (Lipinski definition) is 0. The van der Waals surface area contributed by atoms with Crippen LogP contribution < -0.4 is 11.1 Å². The number of nitriles is 1. The van der Waals surface area contributed by atoms with Gasteiger partial charge in [-0.15, -0.1) is 6.58 Å². The van der Waals surface area contributed by atoms with Gasteiger partial charge in [-0.3, -0.25) is 18.7 Å². The van der Waals surface area contributed by atoms with E-state index in [2.05, 4.69) is 16.5 Å². The highest BCUT2D eigenvalue weighted by atomic mass is 35.5. The third-order valence-electron chi connectivity index (χ3n) is 4.69. The summed E-state index contributed by atoms with van der Waals surface area (Å²) in [5, 5.41) is 11.0. The van der Waals surface area contributed by atoms with Gasteiger partial charge < -0.3 is 0 Å². The van der Waals surface area contributed by atoms with Gasteiger partial charge in [0.15, 0.2) is 5.16 Å². The summed E-state index contributed by atoms with van der Waals surface area (Å²) < 4.78 is 2.87. The van der Waals surface area contributed by atoms with E-state index < -0.39 is 0 Å². The monoisotopic (exact) mass is 449 g/mol. The Bertz CT molecular complexity index is 1490. The molecule has 4 aromatic rings. The minimum Gasteiger partial charge on any atom is -0.283 e. The number of allylic oxidation sites excluding steroid dienone is 1. The highest BCUT2D eigenvalue weighted by Crippen LogP contribution is 2.23. The van der Waals surface area contributed by atoms with Gasteiger partial charge in [-0.1, -0.05) is 41.6 Å². The summed E-state index contributed by atoms with van der Waals surface area (Å²) in [6.07, 6.45) is 1.62. The first-order chi connectivity index (χ1) is 15.0. The van der Waals surface area contributed by atoms with Gasteiger partial charge in [0, 0.05) is 11.6 Å². The number of fused-ring (bicyclic) bond motifs is 2. The molecule has 0 N–H and O–H groups in total. The van der Waals surface area contributed by atoms with Crippen LogP contribution in [0.2, 0.25) is 5.02 Å². The first kappa shape index (κ1) is 20.8. The van der Waals surface area contributed by atoms with E-state index in [0.29, 0.717) is 37.8 Å². The highest BCUT2D eigenvalue weighted by molar-refractivity contribution is 7.98. The van der Waals surface area contributed by atoms with Crippen molar-refractivity contribution in [2.75, 3.05) is 0 Å². The number of benzene rings is 2. The lowest BCUT2D eigenvalue weighted by Crippen LogP contribution is -2.25. The van der Waals surface area contributed by atoms with Crippen molar-refractivity contribution in [3.05, 3.63) is 86.7 Å².